The van der Waals surface area contributed by atoms with Gasteiger partial charge in [-0.1, -0.05) is 17.9 Å². The maximum Gasteiger partial charge on any atom is 0.420 e. The maximum absolute atomic E-state index is 13.1. The van der Waals surface area contributed by atoms with Gasteiger partial charge in [-0.15, -0.1) is 0 Å². The second kappa shape index (κ2) is 5.54. The van der Waals surface area contributed by atoms with Gasteiger partial charge in [0.15, 0.2) is 0 Å². The van der Waals surface area contributed by atoms with Crippen molar-refractivity contribution in [2.45, 2.75) is 13.1 Å². The molecule has 0 aliphatic carbocycles. The van der Waals surface area contributed by atoms with E-state index in [1.807, 2.05) is 0 Å². The molecule has 0 atom stereocenters. The second-order valence-corrected chi connectivity index (χ2v) is 3.37. The third-order valence-electron chi connectivity index (χ3n) is 1.95. The molecule has 18 heavy (non-hydrogen) atoms. The van der Waals surface area contributed by atoms with Crippen LogP contribution in [-0.2, 0) is 11.0 Å². The number of nitrogens with one attached hydrogen (secondary N) is 1. The maximum atomic E-state index is 13.1. The quantitative estimate of drug-likeness (QED) is 0.608. The van der Waals surface area contributed by atoms with Gasteiger partial charge in [0.1, 0.15) is 11.4 Å². The minimum atomic E-state index is -4.80. The fraction of sp³-hybridized carbons (Fsp3) is 0.250. The highest BCUT2D eigenvalue weighted by atomic mass is 19.4. The van der Waals surface area contributed by atoms with Crippen LogP contribution in [0.3, 0.4) is 0 Å². The molecule has 0 saturated carbocycles. The summed E-state index contributed by atoms with van der Waals surface area (Å²) in [6, 6.07) is 2.95. The Labute approximate surface area is 101 Å². The van der Waals surface area contributed by atoms with Crippen LogP contribution in [-0.4, -0.2) is 12.5 Å². The lowest BCUT2D eigenvalue weighted by atomic mass is 10.1. The van der Waals surface area contributed by atoms with Crippen LogP contribution in [0.5, 0.6) is 0 Å². The zero-order chi connectivity index (χ0) is 13.8. The molecule has 0 fully saturated rings. The fourth-order valence-corrected chi connectivity index (χ4v) is 1.22. The van der Waals surface area contributed by atoms with Crippen molar-refractivity contribution in [3.05, 3.63) is 35.1 Å². The lowest BCUT2D eigenvalue weighted by molar-refractivity contribution is -0.140. The molecule has 0 aliphatic rings. The van der Waals surface area contributed by atoms with Gasteiger partial charge >= 0.3 is 6.18 Å². The van der Waals surface area contributed by atoms with Gasteiger partial charge < -0.3 is 5.32 Å². The zero-order valence-electron chi connectivity index (χ0n) is 9.36. The summed E-state index contributed by atoms with van der Waals surface area (Å²) in [5.41, 5.74) is -1.84. The van der Waals surface area contributed by atoms with Crippen LogP contribution in [0.15, 0.2) is 18.2 Å². The first kappa shape index (κ1) is 14.0. The molecule has 0 saturated heterocycles. The third kappa shape index (κ3) is 3.77. The molecule has 1 aromatic carbocycles. The molecule has 0 heterocycles. The van der Waals surface area contributed by atoms with Crippen LogP contribution in [0, 0.1) is 17.7 Å². The van der Waals surface area contributed by atoms with Gasteiger partial charge in [-0.3, -0.25) is 4.79 Å². The molecule has 0 bridgehead atoms. The Morgan fingerprint density at radius 1 is 1.39 bits per heavy atom. The molecule has 1 rings (SSSR count). The summed E-state index contributed by atoms with van der Waals surface area (Å²) in [5.74, 6) is 2.80. The number of amides is 1. The van der Waals surface area contributed by atoms with E-state index >= 15 is 0 Å². The van der Waals surface area contributed by atoms with Gasteiger partial charge in [0, 0.05) is 12.5 Å². The molecule has 6 heteroatoms. The molecular formula is C12H9F4NO. The summed E-state index contributed by atoms with van der Waals surface area (Å²) in [7, 11) is 0. The Kier molecular flexibility index (Phi) is 4.32. The second-order valence-electron chi connectivity index (χ2n) is 3.37. The molecule has 0 unspecified atom stereocenters. The summed E-state index contributed by atoms with van der Waals surface area (Å²) in [4.78, 5) is 10.5. The number of hydrogen-bond acceptors (Lipinski definition) is 1. The Balaban J connectivity index is 3.03. The topological polar surface area (TPSA) is 29.1 Å². The largest absolute Gasteiger partial charge is 0.420 e. The predicted octanol–water partition coefficient (Wildman–Crippen LogP) is 2.33. The number of alkyl halides is 3. The average Bonchev–Trinajstić information content (AvgIpc) is 2.22. The molecule has 1 aromatic rings. The molecule has 1 N–H and O–H groups in total. The number of benzene rings is 1. The third-order valence-corrected chi connectivity index (χ3v) is 1.95. The minimum absolute atomic E-state index is 0.0941. The van der Waals surface area contributed by atoms with E-state index in [0.29, 0.717) is 0 Å². The van der Waals surface area contributed by atoms with E-state index in [1.165, 1.54) is 6.92 Å². The van der Waals surface area contributed by atoms with Crippen molar-refractivity contribution in [3.63, 3.8) is 0 Å². The van der Waals surface area contributed by atoms with Crippen LogP contribution in [0.2, 0.25) is 0 Å². The lowest BCUT2D eigenvalue weighted by Crippen LogP contribution is -2.19. The summed E-state index contributed by atoms with van der Waals surface area (Å²) in [5, 5.41) is 2.30. The Bertz CT molecular complexity index is 511. The number of rotatable bonds is 1. The van der Waals surface area contributed by atoms with Crippen molar-refractivity contribution in [1.82, 2.24) is 5.32 Å². The van der Waals surface area contributed by atoms with Crippen molar-refractivity contribution >= 4 is 5.91 Å². The Morgan fingerprint density at radius 2 is 2.06 bits per heavy atom. The van der Waals surface area contributed by atoms with Crippen LogP contribution in [0.4, 0.5) is 17.6 Å². The van der Waals surface area contributed by atoms with Crippen molar-refractivity contribution < 1.29 is 22.4 Å². The van der Waals surface area contributed by atoms with Gasteiger partial charge in [0.25, 0.3) is 0 Å². The van der Waals surface area contributed by atoms with Gasteiger partial charge in [0.05, 0.1) is 6.54 Å². The molecule has 1 amide bonds. The van der Waals surface area contributed by atoms with Crippen LogP contribution in [0.25, 0.3) is 0 Å². The van der Waals surface area contributed by atoms with E-state index in [0.717, 1.165) is 18.2 Å². The van der Waals surface area contributed by atoms with Crippen LogP contribution in [0.1, 0.15) is 18.1 Å². The minimum Gasteiger partial charge on any atom is -0.345 e. The number of halogens is 4. The van der Waals surface area contributed by atoms with Crippen molar-refractivity contribution in [3.8, 4) is 11.8 Å². The van der Waals surface area contributed by atoms with E-state index in [1.54, 1.807) is 0 Å². The van der Waals surface area contributed by atoms with E-state index in [2.05, 4.69) is 17.2 Å². The van der Waals surface area contributed by atoms with Crippen molar-refractivity contribution in [2.24, 2.45) is 0 Å². The number of carbonyl (C=O) groups excluding carboxylic acids is 1. The van der Waals surface area contributed by atoms with Crippen molar-refractivity contribution in [2.75, 3.05) is 6.54 Å². The van der Waals surface area contributed by atoms with Gasteiger partial charge in [-0.2, -0.15) is 13.2 Å². The summed E-state index contributed by atoms with van der Waals surface area (Å²) >= 11 is 0. The predicted molar refractivity (Wildman–Crippen MR) is 57.0 cm³/mol. The van der Waals surface area contributed by atoms with Crippen LogP contribution >= 0.6 is 0 Å². The smallest absolute Gasteiger partial charge is 0.345 e. The Hall–Kier alpha value is -2.03. The lowest BCUT2D eigenvalue weighted by Gasteiger charge is -2.09. The summed E-state index contributed by atoms with van der Waals surface area (Å²) in [6.45, 7) is 1.16. The number of hydrogen-bond donors (Lipinski definition) is 1. The molecule has 0 radical (unpaired) electrons. The molecule has 96 valence electrons. The molecule has 0 aliphatic heterocycles. The van der Waals surface area contributed by atoms with E-state index in [9.17, 15) is 22.4 Å². The van der Waals surface area contributed by atoms with E-state index in [4.69, 9.17) is 0 Å². The van der Waals surface area contributed by atoms with E-state index < -0.39 is 23.1 Å². The molecular weight excluding hydrogens is 250 g/mol. The normalized spacial score (nSPS) is 10.5. The molecule has 0 spiro atoms. The molecule has 0 aromatic heterocycles. The monoisotopic (exact) mass is 259 g/mol. The first-order valence-corrected chi connectivity index (χ1v) is 4.91. The highest BCUT2D eigenvalue weighted by Gasteiger charge is 2.36. The summed E-state index contributed by atoms with van der Waals surface area (Å²) in [6.07, 6.45) is -4.80. The summed E-state index contributed by atoms with van der Waals surface area (Å²) < 4.78 is 50.8. The van der Waals surface area contributed by atoms with Gasteiger partial charge in [-0.05, 0) is 12.1 Å². The first-order chi connectivity index (χ1) is 8.32. The number of carbonyl (C=O) groups is 1. The average molecular weight is 259 g/mol. The van der Waals surface area contributed by atoms with E-state index in [-0.39, 0.29) is 12.5 Å². The highest BCUT2D eigenvalue weighted by Crippen LogP contribution is 2.33. The highest BCUT2D eigenvalue weighted by molar-refractivity contribution is 5.73. The standard InChI is InChI=1S/C12H9F4NO/c1-8(18)17-7-3-5-9-4-2-6-10(13)11(9)12(14,15)16/h2,4,6H,7H2,1H3,(H,17,18). The Morgan fingerprint density at radius 3 is 2.61 bits per heavy atom. The fourth-order valence-electron chi connectivity index (χ4n) is 1.22. The molecule has 2 nitrogen and oxygen atoms in total. The van der Waals surface area contributed by atoms with Gasteiger partial charge in [-0.25, -0.2) is 4.39 Å². The first-order valence-electron chi connectivity index (χ1n) is 4.91. The van der Waals surface area contributed by atoms with Crippen LogP contribution < -0.4 is 5.32 Å². The zero-order valence-corrected chi connectivity index (χ0v) is 9.36. The SMILES string of the molecule is CC(=O)NCC#Cc1cccc(F)c1C(F)(F)F. The van der Waals surface area contributed by atoms with Crippen molar-refractivity contribution in [1.29, 1.82) is 0 Å². The van der Waals surface area contributed by atoms with Gasteiger partial charge in [0.2, 0.25) is 5.91 Å².